The van der Waals surface area contributed by atoms with Gasteiger partial charge in [0.1, 0.15) is 11.4 Å². The van der Waals surface area contributed by atoms with Gasteiger partial charge in [-0.05, 0) is 42.3 Å². The summed E-state index contributed by atoms with van der Waals surface area (Å²) in [6.45, 7) is 3.92. The van der Waals surface area contributed by atoms with Crippen LogP contribution in [-0.2, 0) is 0 Å². The van der Waals surface area contributed by atoms with Crippen LogP contribution in [0.3, 0.4) is 0 Å². The standard InChI is InChI=1S/C27H19BN2O2/c1-16-17(2)32-23-15-13-18-12-14-21-25-24(18)26(23)29(16)27(31)30(25)22-11-7-6-10-20(22)28(21)19-8-4-3-5-9-19/h3-15H,1-2H3. The topological polar surface area (TPSA) is 40.1 Å². The summed E-state index contributed by atoms with van der Waals surface area (Å²) in [7, 11) is 0. The monoisotopic (exact) mass is 414 g/mol. The second kappa shape index (κ2) is 6.04. The van der Waals surface area contributed by atoms with E-state index in [2.05, 4.69) is 60.7 Å². The average molecular weight is 414 g/mol. The van der Waals surface area contributed by atoms with Gasteiger partial charge < -0.3 is 4.42 Å². The summed E-state index contributed by atoms with van der Waals surface area (Å²) in [5, 5.41) is 2.18. The Balaban J connectivity index is 1.79. The molecule has 0 bridgehead atoms. The second-order valence-electron chi connectivity index (χ2n) is 8.61. The van der Waals surface area contributed by atoms with Crippen LogP contribution >= 0.6 is 0 Å². The molecule has 7 rings (SSSR count). The quantitative estimate of drug-likeness (QED) is 0.305. The van der Waals surface area contributed by atoms with Crippen LogP contribution in [0.4, 0.5) is 0 Å². The van der Waals surface area contributed by atoms with Crippen LogP contribution in [0.5, 0.6) is 0 Å². The van der Waals surface area contributed by atoms with Gasteiger partial charge in [-0.2, -0.15) is 0 Å². The van der Waals surface area contributed by atoms with E-state index in [1.807, 2.05) is 41.2 Å². The van der Waals surface area contributed by atoms with Crippen LogP contribution in [0.1, 0.15) is 11.5 Å². The Hall–Kier alpha value is -3.99. The van der Waals surface area contributed by atoms with Gasteiger partial charge in [0.15, 0.2) is 5.58 Å². The van der Waals surface area contributed by atoms with Gasteiger partial charge in [-0.3, -0.25) is 9.13 Å². The van der Waals surface area contributed by atoms with E-state index in [9.17, 15) is 4.79 Å². The Morgan fingerprint density at radius 1 is 0.781 bits per heavy atom. The molecule has 3 heterocycles. The van der Waals surface area contributed by atoms with Crippen molar-refractivity contribution in [2.24, 2.45) is 0 Å². The van der Waals surface area contributed by atoms with Crippen molar-refractivity contribution in [1.82, 2.24) is 9.13 Å². The molecule has 0 atom stereocenters. The zero-order chi connectivity index (χ0) is 21.6. The molecule has 0 radical (unpaired) electrons. The molecule has 4 aromatic carbocycles. The summed E-state index contributed by atoms with van der Waals surface area (Å²) < 4.78 is 9.87. The lowest BCUT2D eigenvalue weighted by atomic mass is 9.35. The van der Waals surface area contributed by atoms with Crippen molar-refractivity contribution in [2.45, 2.75) is 13.8 Å². The van der Waals surface area contributed by atoms with Gasteiger partial charge in [-0.15, -0.1) is 0 Å². The smallest absolute Gasteiger partial charge is 0.338 e. The number of para-hydroxylation sites is 1. The molecule has 0 spiro atoms. The third-order valence-corrected chi connectivity index (χ3v) is 7.00. The van der Waals surface area contributed by atoms with E-state index in [1.165, 1.54) is 5.46 Å². The van der Waals surface area contributed by atoms with Gasteiger partial charge in [-0.1, -0.05) is 72.2 Å². The van der Waals surface area contributed by atoms with Gasteiger partial charge in [-0.25, -0.2) is 4.79 Å². The molecule has 5 heteroatoms. The maximum Gasteiger partial charge on any atom is 0.338 e. The summed E-state index contributed by atoms with van der Waals surface area (Å²) in [6, 6.07) is 27.2. The van der Waals surface area contributed by atoms with Crippen molar-refractivity contribution in [2.75, 3.05) is 0 Å². The molecule has 4 nitrogen and oxygen atoms in total. The fourth-order valence-corrected chi connectivity index (χ4v) is 5.49. The molecular weight excluding hydrogens is 395 g/mol. The predicted molar refractivity (Wildman–Crippen MR) is 130 cm³/mol. The van der Waals surface area contributed by atoms with Crippen molar-refractivity contribution in [3.05, 3.63) is 101 Å². The van der Waals surface area contributed by atoms with Crippen LogP contribution in [0.25, 0.3) is 33.2 Å². The molecule has 0 fully saturated rings. The number of fused-ring (bicyclic) bond motifs is 2. The van der Waals surface area contributed by atoms with Gasteiger partial charge in [0.25, 0.3) is 0 Å². The Bertz CT molecular complexity index is 1720. The fraction of sp³-hybridized carbons (Fsp3) is 0.0741. The molecule has 0 N–H and O–H groups in total. The highest BCUT2D eigenvalue weighted by Gasteiger charge is 2.35. The van der Waals surface area contributed by atoms with Crippen molar-refractivity contribution >= 4 is 45.0 Å². The first-order chi connectivity index (χ1) is 15.6. The number of aromatic nitrogens is 2. The minimum Gasteiger partial charge on any atom is -0.458 e. The Morgan fingerprint density at radius 3 is 2.38 bits per heavy atom. The third-order valence-electron chi connectivity index (χ3n) is 7.00. The first kappa shape index (κ1) is 17.7. The SMILES string of the molecule is Cc1oc2ccc3ccc4c5c3c2-n(c1C)c(=O)n5-c1ccccc1B4c1ccccc1. The third kappa shape index (κ3) is 2.05. The average Bonchev–Trinajstić information content (AvgIpc) is 2.83. The molecule has 0 saturated carbocycles. The highest BCUT2D eigenvalue weighted by atomic mass is 16.3. The van der Waals surface area contributed by atoms with Crippen LogP contribution in [0.15, 0.2) is 88.1 Å². The molecule has 0 unspecified atom stereocenters. The summed E-state index contributed by atoms with van der Waals surface area (Å²) in [4.78, 5) is 14.1. The predicted octanol–water partition coefficient (Wildman–Crippen LogP) is 3.41. The van der Waals surface area contributed by atoms with Crippen molar-refractivity contribution in [3.8, 4) is 11.4 Å². The highest BCUT2D eigenvalue weighted by molar-refractivity contribution is 6.98. The van der Waals surface area contributed by atoms with Crippen LogP contribution in [-0.4, -0.2) is 15.8 Å². The van der Waals surface area contributed by atoms with E-state index in [-0.39, 0.29) is 12.4 Å². The van der Waals surface area contributed by atoms with E-state index < -0.39 is 0 Å². The maximum absolute atomic E-state index is 14.1. The van der Waals surface area contributed by atoms with E-state index >= 15 is 0 Å². The lowest BCUT2D eigenvalue weighted by Gasteiger charge is -2.31. The number of benzene rings is 4. The summed E-state index contributed by atoms with van der Waals surface area (Å²) in [5.74, 6) is 0.747. The molecule has 3 aliphatic rings. The van der Waals surface area contributed by atoms with Gasteiger partial charge in [0, 0.05) is 11.1 Å². The molecule has 0 amide bonds. The number of aryl methyl sites for hydroxylation is 1. The van der Waals surface area contributed by atoms with Crippen molar-refractivity contribution in [3.63, 3.8) is 0 Å². The molecule has 32 heavy (non-hydrogen) atoms. The van der Waals surface area contributed by atoms with Crippen LogP contribution in [0.2, 0.25) is 0 Å². The minimum atomic E-state index is -0.0576. The Labute approximate surface area is 184 Å². The van der Waals surface area contributed by atoms with E-state index in [0.717, 1.165) is 55.6 Å². The van der Waals surface area contributed by atoms with E-state index in [0.29, 0.717) is 0 Å². The maximum atomic E-state index is 14.1. The number of nitrogens with zero attached hydrogens (tertiary/aromatic N) is 2. The van der Waals surface area contributed by atoms with Crippen LogP contribution in [0, 0.1) is 13.8 Å². The normalized spacial score (nSPS) is 12.8. The van der Waals surface area contributed by atoms with Gasteiger partial charge in [0.05, 0.1) is 11.2 Å². The lowest BCUT2D eigenvalue weighted by molar-refractivity contribution is 0.534. The molecule has 0 aromatic heterocycles. The van der Waals surface area contributed by atoms with Gasteiger partial charge >= 0.3 is 5.69 Å². The molecular formula is C27H19BN2O2. The number of hydrogen-bond acceptors (Lipinski definition) is 2. The second-order valence-corrected chi connectivity index (χ2v) is 8.61. The minimum absolute atomic E-state index is 0.0566. The first-order valence-electron chi connectivity index (χ1n) is 10.9. The fourth-order valence-electron chi connectivity index (χ4n) is 5.49. The number of rotatable bonds is 1. The van der Waals surface area contributed by atoms with Crippen LogP contribution < -0.4 is 22.1 Å². The molecule has 152 valence electrons. The Morgan fingerprint density at radius 2 is 1.53 bits per heavy atom. The Kier molecular flexibility index (Phi) is 3.34. The molecule has 3 aliphatic heterocycles. The van der Waals surface area contributed by atoms with E-state index in [1.54, 1.807) is 0 Å². The largest absolute Gasteiger partial charge is 0.458 e. The van der Waals surface area contributed by atoms with Crippen molar-refractivity contribution < 1.29 is 4.42 Å². The molecule has 0 aliphatic carbocycles. The number of hydrogen-bond donors (Lipinski definition) is 0. The highest BCUT2D eigenvalue weighted by Crippen LogP contribution is 2.35. The first-order valence-corrected chi connectivity index (χ1v) is 10.9. The molecule has 0 saturated heterocycles. The van der Waals surface area contributed by atoms with Crippen molar-refractivity contribution in [1.29, 1.82) is 0 Å². The zero-order valence-electron chi connectivity index (χ0n) is 17.8. The summed E-state index contributed by atoms with van der Waals surface area (Å²) in [5.41, 5.74) is 7.79. The summed E-state index contributed by atoms with van der Waals surface area (Å²) >= 11 is 0. The van der Waals surface area contributed by atoms with Gasteiger partial charge in [0.2, 0.25) is 6.71 Å². The molecule has 4 aromatic rings. The summed E-state index contributed by atoms with van der Waals surface area (Å²) in [6.07, 6.45) is 0. The van der Waals surface area contributed by atoms with E-state index in [4.69, 9.17) is 4.42 Å². The zero-order valence-corrected chi connectivity index (χ0v) is 17.8. The lowest BCUT2D eigenvalue weighted by Crippen LogP contribution is -2.58.